The fourth-order valence-corrected chi connectivity index (χ4v) is 2.74. The molecule has 2 aromatic heterocycles. The van der Waals surface area contributed by atoms with Crippen molar-refractivity contribution < 1.29 is 9.53 Å². The minimum absolute atomic E-state index is 0.163. The number of aromatic nitrogens is 3. The summed E-state index contributed by atoms with van der Waals surface area (Å²) in [4.78, 5) is 23.2. The zero-order chi connectivity index (χ0) is 19.8. The summed E-state index contributed by atoms with van der Waals surface area (Å²) in [6.07, 6.45) is 1.37. The van der Waals surface area contributed by atoms with E-state index in [2.05, 4.69) is 20.3 Å². The van der Waals surface area contributed by atoms with E-state index in [0.717, 1.165) is 10.9 Å². The van der Waals surface area contributed by atoms with Crippen LogP contribution in [0.4, 0.5) is 11.6 Å². The molecule has 3 aromatic rings. The summed E-state index contributed by atoms with van der Waals surface area (Å²) in [5.41, 5.74) is 8.08. The number of nitrogens with two attached hydrogens (primary N) is 1. The third kappa shape index (κ3) is 3.74. The number of nitrogens with zero attached hydrogens (tertiary/aromatic N) is 2. The van der Waals surface area contributed by atoms with Gasteiger partial charge in [0.25, 0.3) is 0 Å². The van der Waals surface area contributed by atoms with Gasteiger partial charge < -0.3 is 20.8 Å². The lowest BCUT2D eigenvalue weighted by molar-refractivity contribution is 0.0601. The molecule has 0 unspecified atom stereocenters. The molecule has 8 heteroatoms. The van der Waals surface area contributed by atoms with Crippen LogP contribution in [-0.2, 0) is 4.74 Å². The van der Waals surface area contributed by atoms with E-state index in [0.29, 0.717) is 22.6 Å². The average Bonchev–Trinajstić information content (AvgIpc) is 3.02. The highest BCUT2D eigenvalue weighted by molar-refractivity contribution is 6.17. The number of benzene rings is 1. The molecule has 0 aliphatic rings. The standard InChI is InChI=1S/C19H22N6O2/c1-19(2,3)25-17-14(16(21)22-9-23-17)15(20)13-7-10-5-6-11(18(26)27-4)8-12(10)24-13/h5-9,20,24H,1-4H3,(H3,21,22,23,25). The van der Waals surface area contributed by atoms with Gasteiger partial charge in [0.15, 0.2) is 0 Å². The van der Waals surface area contributed by atoms with Crippen molar-refractivity contribution in [2.45, 2.75) is 26.3 Å². The topological polar surface area (TPSA) is 130 Å². The zero-order valence-electron chi connectivity index (χ0n) is 15.7. The van der Waals surface area contributed by atoms with Gasteiger partial charge >= 0.3 is 5.97 Å². The second-order valence-electron chi connectivity index (χ2n) is 7.21. The number of hydrogen-bond donors (Lipinski definition) is 4. The van der Waals surface area contributed by atoms with Gasteiger partial charge in [0, 0.05) is 16.4 Å². The lowest BCUT2D eigenvalue weighted by Crippen LogP contribution is -2.28. The molecule has 0 aliphatic carbocycles. The molecular formula is C19H22N6O2. The first kappa shape index (κ1) is 18.4. The molecule has 0 aliphatic heterocycles. The number of anilines is 2. The van der Waals surface area contributed by atoms with Gasteiger partial charge in [0.1, 0.15) is 18.0 Å². The van der Waals surface area contributed by atoms with Crippen molar-refractivity contribution in [3.63, 3.8) is 0 Å². The van der Waals surface area contributed by atoms with E-state index in [4.69, 9.17) is 15.9 Å². The van der Waals surface area contributed by atoms with Gasteiger partial charge in [-0.25, -0.2) is 14.8 Å². The van der Waals surface area contributed by atoms with Crippen molar-refractivity contribution in [2.24, 2.45) is 0 Å². The number of fused-ring (bicyclic) bond motifs is 1. The largest absolute Gasteiger partial charge is 0.465 e. The lowest BCUT2D eigenvalue weighted by atomic mass is 10.1. The fraction of sp³-hybridized carbons (Fsp3) is 0.263. The number of carbonyl (C=O) groups is 1. The highest BCUT2D eigenvalue weighted by Gasteiger charge is 2.21. The molecule has 0 spiro atoms. The Kier molecular flexibility index (Phi) is 4.57. The lowest BCUT2D eigenvalue weighted by Gasteiger charge is -2.23. The van der Waals surface area contributed by atoms with Gasteiger partial charge in [0.05, 0.1) is 29.6 Å². The van der Waals surface area contributed by atoms with Gasteiger partial charge in [-0.1, -0.05) is 6.07 Å². The molecule has 0 atom stereocenters. The van der Waals surface area contributed by atoms with Crippen LogP contribution in [0, 0.1) is 5.41 Å². The number of methoxy groups -OCH3 is 1. The molecule has 8 nitrogen and oxygen atoms in total. The smallest absolute Gasteiger partial charge is 0.337 e. The molecular weight excluding hydrogens is 344 g/mol. The summed E-state index contributed by atoms with van der Waals surface area (Å²) in [5, 5.41) is 12.8. The molecule has 1 aromatic carbocycles. The quantitative estimate of drug-likeness (QED) is 0.415. The number of carbonyl (C=O) groups excluding carboxylic acids is 1. The van der Waals surface area contributed by atoms with E-state index < -0.39 is 5.97 Å². The third-order valence-electron chi connectivity index (χ3n) is 3.93. The van der Waals surface area contributed by atoms with E-state index in [9.17, 15) is 4.79 Å². The van der Waals surface area contributed by atoms with Gasteiger partial charge in [-0.15, -0.1) is 0 Å². The Morgan fingerprint density at radius 1 is 1.26 bits per heavy atom. The zero-order valence-corrected chi connectivity index (χ0v) is 15.7. The summed E-state index contributed by atoms with van der Waals surface area (Å²) in [7, 11) is 1.34. The fourth-order valence-electron chi connectivity index (χ4n) is 2.74. The first-order valence-electron chi connectivity index (χ1n) is 8.38. The number of nitrogen functional groups attached to an aromatic ring is 1. The van der Waals surface area contributed by atoms with E-state index >= 15 is 0 Å². The first-order chi connectivity index (χ1) is 12.7. The molecule has 5 N–H and O–H groups in total. The monoisotopic (exact) mass is 366 g/mol. The number of rotatable bonds is 4. The van der Waals surface area contributed by atoms with Crippen LogP contribution in [-0.4, -0.2) is 39.3 Å². The van der Waals surface area contributed by atoms with Crippen LogP contribution in [0.1, 0.15) is 42.4 Å². The summed E-state index contributed by atoms with van der Waals surface area (Å²) in [6, 6.07) is 7.00. The second-order valence-corrected chi connectivity index (χ2v) is 7.21. The van der Waals surface area contributed by atoms with Crippen LogP contribution in [0.3, 0.4) is 0 Å². The van der Waals surface area contributed by atoms with Crippen LogP contribution in [0.5, 0.6) is 0 Å². The maximum absolute atomic E-state index is 11.7. The molecule has 0 radical (unpaired) electrons. The number of esters is 1. The van der Waals surface area contributed by atoms with Crippen molar-refractivity contribution in [2.75, 3.05) is 18.2 Å². The van der Waals surface area contributed by atoms with Crippen LogP contribution >= 0.6 is 0 Å². The van der Waals surface area contributed by atoms with Crippen molar-refractivity contribution in [1.29, 1.82) is 5.41 Å². The minimum Gasteiger partial charge on any atom is -0.465 e. The first-order valence-corrected chi connectivity index (χ1v) is 8.38. The highest BCUT2D eigenvalue weighted by atomic mass is 16.5. The Morgan fingerprint density at radius 2 is 2.00 bits per heavy atom. The molecule has 140 valence electrons. The molecule has 27 heavy (non-hydrogen) atoms. The van der Waals surface area contributed by atoms with Crippen molar-refractivity contribution >= 4 is 34.2 Å². The van der Waals surface area contributed by atoms with E-state index in [1.165, 1.54) is 13.4 Å². The Bertz CT molecular complexity index is 1030. The maximum Gasteiger partial charge on any atom is 0.337 e. The molecule has 0 saturated carbocycles. The second kappa shape index (κ2) is 6.71. The number of H-pyrrole nitrogens is 1. The Labute approximate surface area is 156 Å². The summed E-state index contributed by atoms with van der Waals surface area (Å²) in [5.74, 6) is 0.296. The maximum atomic E-state index is 11.7. The van der Waals surface area contributed by atoms with Crippen LogP contribution in [0.25, 0.3) is 10.9 Å². The molecule has 0 bridgehead atoms. The minimum atomic E-state index is -0.416. The summed E-state index contributed by atoms with van der Waals surface area (Å²) >= 11 is 0. The Hall–Kier alpha value is -3.42. The summed E-state index contributed by atoms with van der Waals surface area (Å²) < 4.78 is 4.75. The molecule has 3 rings (SSSR count). The number of ether oxygens (including phenoxy) is 1. The predicted octanol–water partition coefficient (Wildman–Crippen LogP) is 2.95. The normalized spacial score (nSPS) is 11.4. The van der Waals surface area contributed by atoms with Gasteiger partial charge in [-0.05, 0) is 39.0 Å². The van der Waals surface area contributed by atoms with Crippen molar-refractivity contribution in [3.8, 4) is 0 Å². The van der Waals surface area contributed by atoms with Crippen LogP contribution in [0.15, 0.2) is 30.6 Å². The van der Waals surface area contributed by atoms with E-state index in [-0.39, 0.29) is 17.1 Å². The summed E-state index contributed by atoms with van der Waals surface area (Å²) in [6.45, 7) is 5.99. The third-order valence-corrected chi connectivity index (χ3v) is 3.93. The SMILES string of the molecule is COC(=O)c1ccc2cc(C(=N)c3c(N)ncnc3NC(C)(C)C)[nH]c2c1. The van der Waals surface area contributed by atoms with E-state index in [1.54, 1.807) is 18.2 Å². The average molecular weight is 366 g/mol. The van der Waals surface area contributed by atoms with Crippen molar-refractivity contribution in [3.05, 3.63) is 47.4 Å². The van der Waals surface area contributed by atoms with Gasteiger partial charge in [-0.2, -0.15) is 0 Å². The van der Waals surface area contributed by atoms with Crippen molar-refractivity contribution in [1.82, 2.24) is 15.0 Å². The van der Waals surface area contributed by atoms with Gasteiger partial charge in [0.2, 0.25) is 0 Å². The Balaban J connectivity index is 2.05. The Morgan fingerprint density at radius 3 is 2.67 bits per heavy atom. The highest BCUT2D eigenvalue weighted by Crippen LogP contribution is 2.26. The number of nitrogens with one attached hydrogen (secondary N) is 3. The van der Waals surface area contributed by atoms with Gasteiger partial charge in [-0.3, -0.25) is 5.41 Å². The number of aromatic amines is 1. The molecule has 2 heterocycles. The predicted molar refractivity (Wildman–Crippen MR) is 105 cm³/mol. The van der Waals surface area contributed by atoms with Crippen LogP contribution < -0.4 is 11.1 Å². The van der Waals surface area contributed by atoms with E-state index in [1.807, 2.05) is 26.8 Å². The number of hydrogen-bond acceptors (Lipinski definition) is 7. The van der Waals surface area contributed by atoms with Crippen LogP contribution in [0.2, 0.25) is 0 Å². The molecule has 0 fully saturated rings. The molecule has 0 amide bonds. The molecule has 0 saturated heterocycles.